The number of nitrogens with one attached hydrogen (secondary N) is 1. The van der Waals surface area contributed by atoms with Gasteiger partial charge in [0.25, 0.3) is 0 Å². The highest BCUT2D eigenvalue weighted by molar-refractivity contribution is 5.88. The standard InChI is InChI=1S/C23H32N2O5/c1-5-14-12-25-10-9-23(27)20-17(7-6-8-19(20)29-3)24-21(23)18(25)11-15(14)16(13-28-2)22(26)30-4/h6-8,13-15,18,21,24,27H,5,9-12H2,1-4H3/b16-13+/t14-,15+,18+,21-,23+/m1/s1. The Morgan fingerprint density at radius 3 is 2.83 bits per heavy atom. The first-order valence-corrected chi connectivity index (χ1v) is 10.7. The predicted molar refractivity (Wildman–Crippen MR) is 113 cm³/mol. The molecule has 2 saturated heterocycles. The molecule has 7 nitrogen and oxygen atoms in total. The Kier molecular flexibility index (Phi) is 5.68. The molecule has 4 rings (SSSR count). The van der Waals surface area contributed by atoms with Gasteiger partial charge in [-0.1, -0.05) is 19.4 Å². The quantitative estimate of drug-likeness (QED) is 0.434. The van der Waals surface area contributed by atoms with Gasteiger partial charge in [-0.05, 0) is 36.8 Å². The highest BCUT2D eigenvalue weighted by Gasteiger charge is 2.57. The minimum Gasteiger partial charge on any atom is -0.504 e. The zero-order valence-corrected chi connectivity index (χ0v) is 18.2. The highest BCUT2D eigenvalue weighted by atomic mass is 16.5. The number of rotatable bonds is 5. The third-order valence-corrected chi connectivity index (χ3v) is 7.26. The first kappa shape index (κ1) is 21.0. The van der Waals surface area contributed by atoms with E-state index in [2.05, 4.69) is 17.1 Å². The molecule has 0 unspecified atom stereocenters. The van der Waals surface area contributed by atoms with Gasteiger partial charge in [-0.3, -0.25) is 4.90 Å². The number of carbonyl (C=O) groups is 1. The van der Waals surface area contributed by atoms with Gasteiger partial charge >= 0.3 is 5.97 Å². The van der Waals surface area contributed by atoms with Gasteiger partial charge in [-0.15, -0.1) is 0 Å². The molecule has 1 aromatic rings. The van der Waals surface area contributed by atoms with Crippen LogP contribution in [0.5, 0.6) is 5.75 Å². The largest absolute Gasteiger partial charge is 0.504 e. The molecular weight excluding hydrogens is 384 g/mol. The van der Waals surface area contributed by atoms with E-state index in [1.807, 2.05) is 18.2 Å². The second-order valence-corrected chi connectivity index (χ2v) is 8.55. The highest BCUT2D eigenvalue weighted by Crippen LogP contribution is 2.52. The molecule has 0 bridgehead atoms. The van der Waals surface area contributed by atoms with E-state index >= 15 is 0 Å². The Labute approximate surface area is 178 Å². The summed E-state index contributed by atoms with van der Waals surface area (Å²) in [5.41, 5.74) is 1.36. The minimum absolute atomic E-state index is 0.0124. The molecule has 0 amide bonds. The Bertz CT molecular complexity index is 841. The van der Waals surface area contributed by atoms with Gasteiger partial charge < -0.3 is 24.6 Å². The fourth-order valence-corrected chi connectivity index (χ4v) is 5.82. The number of anilines is 1. The summed E-state index contributed by atoms with van der Waals surface area (Å²) in [7, 11) is 4.60. The molecule has 0 radical (unpaired) electrons. The second-order valence-electron chi connectivity index (χ2n) is 8.55. The molecule has 0 saturated carbocycles. The van der Waals surface area contributed by atoms with E-state index in [0.29, 0.717) is 23.7 Å². The van der Waals surface area contributed by atoms with Gasteiger partial charge in [0.1, 0.15) is 11.4 Å². The lowest BCUT2D eigenvalue weighted by molar-refractivity contribution is -0.138. The predicted octanol–water partition coefficient (Wildman–Crippen LogP) is 2.50. The normalized spacial score (nSPS) is 33.0. The number of hydrogen-bond acceptors (Lipinski definition) is 7. The van der Waals surface area contributed by atoms with Crippen LogP contribution < -0.4 is 10.1 Å². The lowest BCUT2D eigenvalue weighted by Crippen LogP contribution is -2.64. The molecule has 164 valence electrons. The molecule has 0 aromatic heterocycles. The number of aliphatic hydroxyl groups is 1. The van der Waals surface area contributed by atoms with Gasteiger partial charge in [0.05, 0.1) is 44.8 Å². The van der Waals surface area contributed by atoms with E-state index in [9.17, 15) is 9.90 Å². The average Bonchev–Trinajstić information content (AvgIpc) is 3.09. The number of hydrogen-bond donors (Lipinski definition) is 2. The molecule has 0 aliphatic carbocycles. The number of carbonyl (C=O) groups excluding carboxylic acids is 1. The summed E-state index contributed by atoms with van der Waals surface area (Å²) in [5.74, 6) is 0.709. The average molecular weight is 417 g/mol. The molecule has 3 aliphatic heterocycles. The fourth-order valence-electron chi connectivity index (χ4n) is 5.82. The van der Waals surface area contributed by atoms with Gasteiger partial charge in [0.2, 0.25) is 0 Å². The minimum atomic E-state index is -0.997. The molecule has 7 heteroatoms. The van der Waals surface area contributed by atoms with Crippen LogP contribution in [-0.4, -0.2) is 62.5 Å². The maximum atomic E-state index is 12.5. The van der Waals surface area contributed by atoms with Crippen LogP contribution in [0.3, 0.4) is 0 Å². The first-order valence-electron chi connectivity index (χ1n) is 10.7. The van der Waals surface area contributed by atoms with Crippen LogP contribution >= 0.6 is 0 Å². The van der Waals surface area contributed by atoms with E-state index in [0.717, 1.165) is 37.2 Å². The summed E-state index contributed by atoms with van der Waals surface area (Å²) >= 11 is 0. The number of piperidine rings is 2. The number of benzene rings is 1. The van der Waals surface area contributed by atoms with Gasteiger partial charge in [-0.25, -0.2) is 4.79 Å². The molecule has 2 fully saturated rings. The first-order chi connectivity index (χ1) is 14.5. The molecule has 30 heavy (non-hydrogen) atoms. The van der Waals surface area contributed by atoms with Crippen LogP contribution in [0.25, 0.3) is 0 Å². The van der Waals surface area contributed by atoms with Crippen LogP contribution in [0, 0.1) is 11.8 Å². The van der Waals surface area contributed by atoms with Crippen LogP contribution in [0.1, 0.15) is 31.7 Å². The Hall–Kier alpha value is -2.25. The Morgan fingerprint density at radius 1 is 1.37 bits per heavy atom. The zero-order chi connectivity index (χ0) is 21.5. The number of esters is 1. The second kappa shape index (κ2) is 8.12. The van der Waals surface area contributed by atoms with Crippen molar-refractivity contribution in [2.24, 2.45) is 11.8 Å². The Morgan fingerprint density at radius 2 is 2.17 bits per heavy atom. The van der Waals surface area contributed by atoms with E-state index in [4.69, 9.17) is 14.2 Å². The summed E-state index contributed by atoms with van der Waals surface area (Å²) in [5, 5.41) is 15.4. The van der Waals surface area contributed by atoms with Crippen molar-refractivity contribution in [1.82, 2.24) is 4.90 Å². The number of fused-ring (bicyclic) bond motifs is 5. The van der Waals surface area contributed by atoms with Crippen molar-refractivity contribution in [3.05, 3.63) is 35.6 Å². The third-order valence-electron chi connectivity index (χ3n) is 7.26. The molecule has 0 spiro atoms. The third kappa shape index (κ3) is 3.15. The Balaban J connectivity index is 1.69. The molecule has 2 N–H and O–H groups in total. The molecule has 3 aliphatic rings. The topological polar surface area (TPSA) is 80.3 Å². The van der Waals surface area contributed by atoms with Crippen molar-refractivity contribution in [3.8, 4) is 5.75 Å². The van der Waals surface area contributed by atoms with E-state index in [1.54, 1.807) is 14.2 Å². The summed E-state index contributed by atoms with van der Waals surface area (Å²) < 4.78 is 15.9. The maximum Gasteiger partial charge on any atom is 0.337 e. The van der Waals surface area contributed by atoms with E-state index in [1.165, 1.54) is 13.4 Å². The smallest absolute Gasteiger partial charge is 0.337 e. The van der Waals surface area contributed by atoms with Crippen LogP contribution in [0.4, 0.5) is 5.69 Å². The van der Waals surface area contributed by atoms with E-state index < -0.39 is 5.60 Å². The van der Waals surface area contributed by atoms with Crippen molar-refractivity contribution in [1.29, 1.82) is 0 Å². The molecule has 3 heterocycles. The number of nitrogens with zero attached hydrogens (tertiary/aromatic N) is 1. The van der Waals surface area contributed by atoms with Crippen molar-refractivity contribution in [3.63, 3.8) is 0 Å². The molecule has 1 aromatic carbocycles. The summed E-state index contributed by atoms with van der Waals surface area (Å²) in [6, 6.07) is 5.76. The number of ether oxygens (including phenoxy) is 3. The maximum absolute atomic E-state index is 12.5. The SMILES string of the molecule is CC[C@@H]1CN2CC[C@]3(O)c4c(cccc4OC)N[C@@H]3[C@@H]2C[C@@H]1/C(=C\OC)C(=O)OC. The van der Waals surface area contributed by atoms with Gasteiger partial charge in [-0.2, -0.15) is 0 Å². The monoisotopic (exact) mass is 416 g/mol. The zero-order valence-electron chi connectivity index (χ0n) is 18.2. The molecular formula is C23H32N2O5. The van der Waals surface area contributed by atoms with E-state index in [-0.39, 0.29) is 24.0 Å². The van der Waals surface area contributed by atoms with Crippen LogP contribution in [0.2, 0.25) is 0 Å². The number of methoxy groups -OCH3 is 3. The van der Waals surface area contributed by atoms with Gasteiger partial charge in [0, 0.05) is 24.8 Å². The summed E-state index contributed by atoms with van der Waals surface area (Å²) in [4.78, 5) is 15.0. The van der Waals surface area contributed by atoms with Crippen molar-refractivity contribution < 1.29 is 24.1 Å². The van der Waals surface area contributed by atoms with Crippen molar-refractivity contribution in [2.45, 2.75) is 43.9 Å². The fraction of sp³-hybridized carbons (Fsp3) is 0.609. The lowest BCUT2D eigenvalue weighted by atomic mass is 9.69. The van der Waals surface area contributed by atoms with Crippen molar-refractivity contribution in [2.75, 3.05) is 39.7 Å². The summed E-state index contributed by atoms with van der Waals surface area (Å²) in [6.45, 7) is 3.85. The van der Waals surface area contributed by atoms with Crippen LogP contribution in [0.15, 0.2) is 30.0 Å². The lowest BCUT2D eigenvalue weighted by Gasteiger charge is -2.53. The van der Waals surface area contributed by atoms with Crippen LogP contribution in [-0.2, 0) is 19.9 Å². The van der Waals surface area contributed by atoms with Gasteiger partial charge in [0.15, 0.2) is 0 Å². The summed E-state index contributed by atoms with van der Waals surface area (Å²) in [6.07, 6.45) is 3.89. The van der Waals surface area contributed by atoms with Crippen molar-refractivity contribution >= 4 is 11.7 Å². The molecule has 5 atom stereocenters.